The van der Waals surface area contributed by atoms with Gasteiger partial charge in [0.1, 0.15) is 23.5 Å². The summed E-state index contributed by atoms with van der Waals surface area (Å²) in [7, 11) is 1.56. The first kappa shape index (κ1) is 24.8. The number of carbonyl (C=O) groups is 3. The van der Waals surface area contributed by atoms with Crippen molar-refractivity contribution < 1.29 is 29.0 Å². The fraction of sp³-hybridized carbons (Fsp3) is 0.360. The molecule has 0 unspecified atom stereocenters. The highest BCUT2D eigenvalue weighted by Gasteiger charge is 2.32. The second-order valence-corrected chi connectivity index (χ2v) is 8.82. The number of aromatic nitrogens is 1. The number of nitrogens with one attached hydrogen (secondary N) is 1. The summed E-state index contributed by atoms with van der Waals surface area (Å²) < 4.78 is 10.5. The number of ether oxygens (including phenoxy) is 2. The molecule has 2 amide bonds. The van der Waals surface area contributed by atoms with Gasteiger partial charge < -0.3 is 24.8 Å². The first-order valence-corrected chi connectivity index (χ1v) is 10.9. The molecule has 9 heteroatoms. The summed E-state index contributed by atoms with van der Waals surface area (Å²) >= 11 is 0. The highest BCUT2D eigenvalue weighted by molar-refractivity contribution is 6.19. The maximum Gasteiger partial charge on any atom is 0.325 e. The fourth-order valence-electron chi connectivity index (χ4n) is 3.53. The number of benzene rings is 1. The van der Waals surface area contributed by atoms with E-state index in [0.717, 1.165) is 16.7 Å². The molecule has 9 nitrogen and oxygen atoms in total. The minimum absolute atomic E-state index is 0.145. The van der Waals surface area contributed by atoms with Gasteiger partial charge in [0, 0.05) is 31.3 Å². The van der Waals surface area contributed by atoms with Crippen LogP contribution in [0.1, 0.15) is 32.8 Å². The molecular weight excluding hydrogens is 438 g/mol. The number of methoxy groups -OCH3 is 1. The van der Waals surface area contributed by atoms with Gasteiger partial charge in [-0.1, -0.05) is 24.3 Å². The summed E-state index contributed by atoms with van der Waals surface area (Å²) in [5, 5.41) is 12.6. The topological polar surface area (TPSA) is 118 Å². The molecule has 2 N–H and O–H groups in total. The third kappa shape index (κ3) is 6.12. The lowest BCUT2D eigenvalue weighted by molar-refractivity contribution is -0.154. The van der Waals surface area contributed by atoms with Crippen LogP contribution in [0.2, 0.25) is 0 Å². The van der Waals surface area contributed by atoms with Gasteiger partial charge in [-0.15, -0.1) is 0 Å². The zero-order valence-electron chi connectivity index (χ0n) is 19.8. The minimum atomic E-state index is -0.808. The van der Waals surface area contributed by atoms with Crippen LogP contribution in [0.25, 0.3) is 11.1 Å². The average Bonchev–Trinajstić information content (AvgIpc) is 2.79. The molecule has 1 aromatic carbocycles. The standard InChI is InChI=1S/C25H29N3O6/c1-25(2,3)34-20(30)14-27-22(31)21-19(29)11-13-28(24(21)32)15-16-7-9-17(10-8-16)18-6-5-12-26-23(18)33-4/h5-10,12,29H,11,13-15H2,1-4H3,(H,27,31). The summed E-state index contributed by atoms with van der Waals surface area (Å²) in [6.45, 7) is 5.26. The smallest absolute Gasteiger partial charge is 0.325 e. The summed E-state index contributed by atoms with van der Waals surface area (Å²) in [5.41, 5.74) is 1.57. The Morgan fingerprint density at radius 3 is 2.53 bits per heavy atom. The number of hydrogen-bond acceptors (Lipinski definition) is 7. The number of aliphatic hydroxyl groups is 1. The predicted molar refractivity (Wildman–Crippen MR) is 125 cm³/mol. The van der Waals surface area contributed by atoms with Crippen LogP contribution in [0.4, 0.5) is 0 Å². The Morgan fingerprint density at radius 1 is 1.18 bits per heavy atom. The number of aliphatic hydroxyl groups excluding tert-OH is 1. The van der Waals surface area contributed by atoms with E-state index in [1.165, 1.54) is 4.90 Å². The van der Waals surface area contributed by atoms with Gasteiger partial charge in [-0.3, -0.25) is 14.4 Å². The van der Waals surface area contributed by atoms with Crippen LogP contribution >= 0.6 is 0 Å². The van der Waals surface area contributed by atoms with E-state index < -0.39 is 29.9 Å². The molecular formula is C25H29N3O6. The van der Waals surface area contributed by atoms with Gasteiger partial charge in [0.15, 0.2) is 0 Å². The monoisotopic (exact) mass is 467 g/mol. The summed E-state index contributed by atoms with van der Waals surface area (Å²) in [4.78, 5) is 43.0. The van der Waals surface area contributed by atoms with Crippen molar-refractivity contribution in [3.05, 3.63) is 59.5 Å². The van der Waals surface area contributed by atoms with Crippen molar-refractivity contribution in [2.45, 2.75) is 39.3 Å². The minimum Gasteiger partial charge on any atom is -0.511 e. The van der Waals surface area contributed by atoms with Crippen molar-refractivity contribution in [3.63, 3.8) is 0 Å². The van der Waals surface area contributed by atoms with E-state index in [4.69, 9.17) is 9.47 Å². The van der Waals surface area contributed by atoms with Gasteiger partial charge in [-0.2, -0.15) is 0 Å². The number of rotatable bonds is 7. The number of pyridine rings is 1. The molecule has 34 heavy (non-hydrogen) atoms. The molecule has 2 aromatic rings. The van der Waals surface area contributed by atoms with E-state index in [1.807, 2.05) is 36.4 Å². The van der Waals surface area contributed by atoms with Crippen LogP contribution in [0.3, 0.4) is 0 Å². The molecule has 1 aliphatic rings. The number of amides is 2. The fourth-order valence-corrected chi connectivity index (χ4v) is 3.53. The van der Waals surface area contributed by atoms with Gasteiger partial charge in [0.25, 0.3) is 11.8 Å². The van der Waals surface area contributed by atoms with Crippen LogP contribution in [0.5, 0.6) is 5.88 Å². The molecule has 1 aromatic heterocycles. The lowest BCUT2D eigenvalue weighted by Crippen LogP contribution is -2.43. The molecule has 0 radical (unpaired) electrons. The number of hydrogen-bond donors (Lipinski definition) is 2. The van der Waals surface area contributed by atoms with Crippen molar-refractivity contribution in [2.24, 2.45) is 0 Å². The SMILES string of the molecule is COc1ncccc1-c1ccc(CN2CCC(O)=C(C(=O)NCC(=O)OC(C)(C)C)C2=O)cc1. The maximum absolute atomic E-state index is 12.9. The highest BCUT2D eigenvalue weighted by Crippen LogP contribution is 2.28. The molecule has 0 atom stereocenters. The Morgan fingerprint density at radius 2 is 1.88 bits per heavy atom. The maximum atomic E-state index is 12.9. The molecule has 180 valence electrons. The second-order valence-electron chi connectivity index (χ2n) is 8.82. The Hall–Kier alpha value is -3.88. The normalized spacial score (nSPS) is 14.1. The van der Waals surface area contributed by atoms with Gasteiger partial charge in [-0.25, -0.2) is 4.98 Å². The Kier molecular flexibility index (Phi) is 7.55. The zero-order chi connectivity index (χ0) is 24.9. The van der Waals surface area contributed by atoms with Crippen LogP contribution in [-0.2, 0) is 25.7 Å². The van der Waals surface area contributed by atoms with E-state index in [1.54, 1.807) is 34.1 Å². The van der Waals surface area contributed by atoms with Crippen LogP contribution in [0, 0.1) is 0 Å². The lowest BCUT2D eigenvalue weighted by Gasteiger charge is -2.28. The molecule has 3 rings (SSSR count). The third-order valence-electron chi connectivity index (χ3n) is 5.05. The number of esters is 1. The predicted octanol–water partition coefficient (Wildman–Crippen LogP) is 2.76. The third-order valence-corrected chi connectivity index (χ3v) is 5.05. The van der Waals surface area contributed by atoms with Gasteiger partial charge in [0.05, 0.1) is 7.11 Å². The van der Waals surface area contributed by atoms with E-state index in [-0.39, 0.29) is 30.8 Å². The van der Waals surface area contributed by atoms with Gasteiger partial charge >= 0.3 is 5.97 Å². The van der Waals surface area contributed by atoms with Crippen LogP contribution in [0.15, 0.2) is 53.9 Å². The molecule has 0 bridgehead atoms. The average molecular weight is 468 g/mol. The van der Waals surface area contributed by atoms with Crippen molar-refractivity contribution in [1.82, 2.24) is 15.2 Å². The quantitative estimate of drug-likeness (QED) is 0.475. The molecule has 0 saturated heterocycles. The van der Waals surface area contributed by atoms with Crippen molar-refractivity contribution in [2.75, 3.05) is 20.2 Å². The number of carbonyl (C=O) groups excluding carboxylic acids is 3. The molecule has 0 saturated carbocycles. The first-order chi connectivity index (χ1) is 16.1. The second kappa shape index (κ2) is 10.4. The van der Waals surface area contributed by atoms with Gasteiger partial charge in [0.2, 0.25) is 5.88 Å². The molecule has 0 spiro atoms. The van der Waals surface area contributed by atoms with Crippen molar-refractivity contribution in [1.29, 1.82) is 0 Å². The van der Waals surface area contributed by atoms with E-state index in [0.29, 0.717) is 5.88 Å². The zero-order valence-corrected chi connectivity index (χ0v) is 19.8. The van der Waals surface area contributed by atoms with E-state index in [2.05, 4.69) is 10.3 Å². The first-order valence-electron chi connectivity index (χ1n) is 10.9. The van der Waals surface area contributed by atoms with Crippen molar-refractivity contribution >= 4 is 17.8 Å². The van der Waals surface area contributed by atoms with Crippen molar-refractivity contribution in [3.8, 4) is 17.0 Å². The highest BCUT2D eigenvalue weighted by atomic mass is 16.6. The molecule has 0 fully saturated rings. The number of nitrogens with zero attached hydrogens (tertiary/aromatic N) is 2. The van der Waals surface area contributed by atoms with Gasteiger partial charge in [-0.05, 0) is 44.0 Å². The summed E-state index contributed by atoms with van der Waals surface area (Å²) in [5.74, 6) is -1.81. The Bertz CT molecular complexity index is 1100. The van der Waals surface area contributed by atoms with Crippen LogP contribution in [-0.4, -0.2) is 58.6 Å². The lowest BCUT2D eigenvalue weighted by atomic mass is 10.0. The molecule has 0 aliphatic carbocycles. The van der Waals surface area contributed by atoms with Crippen LogP contribution < -0.4 is 10.1 Å². The Balaban J connectivity index is 1.66. The summed E-state index contributed by atoms with van der Waals surface area (Å²) in [6, 6.07) is 11.3. The summed E-state index contributed by atoms with van der Waals surface area (Å²) in [6.07, 6.45) is 1.80. The Labute approximate surface area is 198 Å². The van der Waals surface area contributed by atoms with E-state index >= 15 is 0 Å². The van der Waals surface area contributed by atoms with E-state index in [9.17, 15) is 19.5 Å². The molecule has 2 heterocycles. The largest absolute Gasteiger partial charge is 0.511 e. The molecule has 1 aliphatic heterocycles.